The van der Waals surface area contributed by atoms with E-state index in [4.69, 9.17) is 9.47 Å². The number of hydrogen-bond donors (Lipinski definition) is 2. The number of anilines is 1. The van der Waals surface area contributed by atoms with Gasteiger partial charge in [-0.1, -0.05) is 55.3 Å². The van der Waals surface area contributed by atoms with Crippen molar-refractivity contribution >= 4 is 22.8 Å². The number of nitro benzene ring substituents is 2. The maximum absolute atomic E-state index is 12.2. The van der Waals surface area contributed by atoms with Crippen LogP contribution in [0.3, 0.4) is 0 Å². The maximum atomic E-state index is 12.2. The van der Waals surface area contributed by atoms with Crippen LogP contribution >= 0.6 is 0 Å². The number of nitrogens with one attached hydrogen (secondary N) is 1. The molecule has 11 heteroatoms. The number of benzene rings is 2. The van der Waals surface area contributed by atoms with Crippen molar-refractivity contribution in [2.45, 2.75) is 56.2 Å². The van der Waals surface area contributed by atoms with Crippen molar-refractivity contribution in [1.29, 1.82) is 0 Å². The third-order valence-electron chi connectivity index (χ3n) is 8.41. The Morgan fingerprint density at radius 1 is 1.08 bits per heavy atom. The molecule has 2 N–H and O–H groups in total. The summed E-state index contributed by atoms with van der Waals surface area (Å²) in [4.78, 5) is 21.4. The van der Waals surface area contributed by atoms with Gasteiger partial charge in [0, 0.05) is 17.9 Å². The number of nitrogens with zero attached hydrogens (tertiary/aromatic N) is 3. The molecule has 2 aliphatic carbocycles. The Morgan fingerprint density at radius 2 is 1.87 bits per heavy atom. The quantitative estimate of drug-likeness (QED) is 0.311. The molecule has 2 aromatic rings. The molecule has 2 bridgehead atoms. The minimum atomic E-state index is -1.38. The Balaban J connectivity index is 1.31. The first-order valence-corrected chi connectivity index (χ1v) is 12.9. The number of aliphatic hydroxyl groups is 1. The van der Waals surface area contributed by atoms with E-state index in [-0.39, 0.29) is 41.3 Å². The second-order valence-electron chi connectivity index (χ2n) is 10.4. The predicted octanol–water partition coefficient (Wildman–Crippen LogP) is 4.36. The monoisotopic (exact) mass is 520 g/mol. The number of ether oxygens (including phenoxy) is 2. The van der Waals surface area contributed by atoms with E-state index in [1.807, 2.05) is 42.5 Å². The predicted molar refractivity (Wildman–Crippen MR) is 138 cm³/mol. The van der Waals surface area contributed by atoms with E-state index in [9.17, 15) is 25.3 Å². The maximum Gasteiger partial charge on any atom is 0.301 e. The average Bonchev–Trinajstić information content (AvgIpc) is 3.32. The molecular weight excluding hydrogens is 492 g/mol. The largest absolute Gasteiger partial charge is 0.380 e. The van der Waals surface area contributed by atoms with Gasteiger partial charge in [-0.25, -0.2) is 0 Å². The van der Waals surface area contributed by atoms with E-state index in [0.717, 1.165) is 37.3 Å². The lowest BCUT2D eigenvalue weighted by Crippen LogP contribution is -2.47. The molecule has 1 saturated heterocycles. The first-order valence-electron chi connectivity index (χ1n) is 12.9. The van der Waals surface area contributed by atoms with Crippen molar-refractivity contribution in [2.75, 3.05) is 5.43 Å². The summed E-state index contributed by atoms with van der Waals surface area (Å²) in [6.07, 6.45) is 6.35. The van der Waals surface area contributed by atoms with Gasteiger partial charge in [0.1, 0.15) is 23.5 Å². The lowest BCUT2D eigenvalue weighted by atomic mass is 9.74. The molecule has 6 rings (SSSR count). The van der Waals surface area contributed by atoms with Gasteiger partial charge in [-0.2, -0.15) is 5.10 Å². The fourth-order valence-corrected chi connectivity index (χ4v) is 6.79. The topological polar surface area (TPSA) is 149 Å². The summed E-state index contributed by atoms with van der Waals surface area (Å²) in [5, 5.41) is 39.5. The van der Waals surface area contributed by atoms with Crippen molar-refractivity contribution in [2.24, 2.45) is 22.9 Å². The highest BCUT2D eigenvalue weighted by Crippen LogP contribution is 2.58. The summed E-state index contributed by atoms with van der Waals surface area (Å²) in [7, 11) is 0. The summed E-state index contributed by atoms with van der Waals surface area (Å²) >= 11 is 0. The van der Waals surface area contributed by atoms with Crippen LogP contribution in [0.2, 0.25) is 0 Å². The summed E-state index contributed by atoms with van der Waals surface area (Å²) in [6.45, 7) is 0.423. The molecular formula is C27H28N4O7. The molecule has 2 saturated carbocycles. The average molecular weight is 521 g/mol. The zero-order valence-electron chi connectivity index (χ0n) is 20.5. The number of non-ortho nitro benzene ring substituents is 1. The summed E-state index contributed by atoms with van der Waals surface area (Å²) in [5.74, 6) is -0.0987. The van der Waals surface area contributed by atoms with Gasteiger partial charge in [0.15, 0.2) is 0 Å². The molecule has 11 nitrogen and oxygen atoms in total. The van der Waals surface area contributed by atoms with Crippen molar-refractivity contribution in [3.05, 3.63) is 86.5 Å². The van der Waals surface area contributed by atoms with Crippen LogP contribution in [0.5, 0.6) is 0 Å². The normalized spacial score (nSPS) is 34.1. The molecule has 0 unspecified atom stereocenters. The molecule has 2 heterocycles. The van der Waals surface area contributed by atoms with Crippen LogP contribution in [0.1, 0.15) is 31.2 Å². The van der Waals surface area contributed by atoms with Gasteiger partial charge >= 0.3 is 5.69 Å². The van der Waals surface area contributed by atoms with E-state index in [0.29, 0.717) is 12.3 Å². The molecule has 0 aromatic heterocycles. The Bertz CT molecular complexity index is 1320. The van der Waals surface area contributed by atoms with E-state index in [1.165, 1.54) is 12.1 Å². The first-order chi connectivity index (χ1) is 18.4. The van der Waals surface area contributed by atoms with Crippen LogP contribution in [0.15, 0.2) is 65.8 Å². The zero-order chi connectivity index (χ0) is 26.4. The fraction of sp³-hybridized carbons (Fsp3) is 0.444. The van der Waals surface area contributed by atoms with Gasteiger partial charge in [0.2, 0.25) is 0 Å². The van der Waals surface area contributed by atoms with E-state index in [2.05, 4.69) is 10.5 Å². The highest BCUT2D eigenvalue weighted by molar-refractivity contribution is 5.99. The van der Waals surface area contributed by atoms with Crippen molar-refractivity contribution < 1.29 is 24.4 Å². The number of hydrogen-bond acceptors (Lipinski definition) is 9. The lowest BCUT2D eigenvalue weighted by molar-refractivity contribution is -0.393. The lowest BCUT2D eigenvalue weighted by Gasteiger charge is -2.34. The smallest absolute Gasteiger partial charge is 0.301 e. The molecule has 2 aromatic carbocycles. The summed E-state index contributed by atoms with van der Waals surface area (Å²) in [6, 6.07) is 13.2. The van der Waals surface area contributed by atoms with Crippen LogP contribution in [0.25, 0.3) is 0 Å². The minimum Gasteiger partial charge on any atom is -0.380 e. The molecule has 38 heavy (non-hydrogen) atoms. The zero-order valence-corrected chi connectivity index (χ0v) is 20.5. The standard InChI is InChI=1S/C27H28N4O7/c32-27-23-13-12-22(37-15-16-6-2-1-3-7-16)25(38-23)24(27)18-8-4-5-9-19(18)26(27)29-28-20-11-10-17(30(33)34)14-21(20)31(35)36/h1-3,6-7,10-14,18-19,22-25,28,32H,4-5,8-9,15H2/b29-26-/t18-,19+,22-,23+,24-,25-,27-/m0/s1. The van der Waals surface area contributed by atoms with E-state index >= 15 is 0 Å². The molecule has 2 aliphatic heterocycles. The molecule has 3 fully saturated rings. The number of fused-ring (bicyclic) bond motifs is 7. The number of nitro groups is 2. The van der Waals surface area contributed by atoms with Gasteiger partial charge in [0.05, 0.1) is 34.3 Å². The molecule has 4 aliphatic rings. The Kier molecular flexibility index (Phi) is 6.21. The van der Waals surface area contributed by atoms with Crippen LogP contribution in [0, 0.1) is 38.0 Å². The van der Waals surface area contributed by atoms with Crippen molar-refractivity contribution in [1.82, 2.24) is 0 Å². The van der Waals surface area contributed by atoms with Crippen LogP contribution in [-0.4, -0.2) is 44.6 Å². The third kappa shape index (κ3) is 3.98. The van der Waals surface area contributed by atoms with Gasteiger partial charge in [-0.3, -0.25) is 25.7 Å². The Morgan fingerprint density at radius 3 is 2.63 bits per heavy atom. The van der Waals surface area contributed by atoms with Gasteiger partial charge in [-0.05, 0) is 30.4 Å². The second kappa shape index (κ2) is 9.57. The van der Waals surface area contributed by atoms with E-state index in [1.54, 1.807) is 0 Å². The van der Waals surface area contributed by atoms with Crippen molar-refractivity contribution in [3.8, 4) is 0 Å². The molecule has 198 valence electrons. The van der Waals surface area contributed by atoms with Crippen LogP contribution in [0.4, 0.5) is 17.1 Å². The van der Waals surface area contributed by atoms with Crippen LogP contribution < -0.4 is 5.43 Å². The number of rotatable bonds is 7. The van der Waals surface area contributed by atoms with Gasteiger partial charge in [-0.15, -0.1) is 0 Å². The van der Waals surface area contributed by atoms with Crippen LogP contribution in [-0.2, 0) is 16.1 Å². The molecule has 0 radical (unpaired) electrons. The first kappa shape index (κ1) is 24.7. The summed E-state index contributed by atoms with van der Waals surface area (Å²) < 4.78 is 12.6. The van der Waals surface area contributed by atoms with Gasteiger partial charge < -0.3 is 14.6 Å². The van der Waals surface area contributed by atoms with Gasteiger partial charge in [0.25, 0.3) is 5.69 Å². The van der Waals surface area contributed by atoms with E-state index < -0.39 is 27.2 Å². The highest BCUT2D eigenvalue weighted by atomic mass is 16.6. The summed E-state index contributed by atoms with van der Waals surface area (Å²) in [5.41, 5.74) is 2.14. The minimum absolute atomic E-state index is 0.00136. The molecule has 0 amide bonds. The fourth-order valence-electron chi connectivity index (χ4n) is 6.79. The highest BCUT2D eigenvalue weighted by Gasteiger charge is 2.70. The van der Waals surface area contributed by atoms with Crippen molar-refractivity contribution in [3.63, 3.8) is 0 Å². The SMILES string of the molecule is O=[N+]([O-])c1ccc(N/N=C2/[C@@H]3CCCC[C@@H]3[C@H]3[C@H]4O[C@H](C=C[C@@H]4OCc4ccccc4)[C@@]23O)c([N+](=O)[O-])c1. The Labute approximate surface area is 218 Å². The third-order valence-corrected chi connectivity index (χ3v) is 8.41. The molecule has 7 atom stereocenters. The number of hydrazone groups is 1. The Hall–Kier alpha value is -3.67. The molecule has 0 spiro atoms. The second-order valence-corrected chi connectivity index (χ2v) is 10.4.